The Morgan fingerprint density at radius 1 is 0.754 bits per heavy atom. The summed E-state index contributed by atoms with van der Waals surface area (Å²) in [6.45, 7) is -0.309. The summed E-state index contributed by atoms with van der Waals surface area (Å²) in [6.07, 6.45) is -0.0900. The number of benzene rings is 4. The summed E-state index contributed by atoms with van der Waals surface area (Å²) < 4.78 is 114. The van der Waals surface area contributed by atoms with Crippen LogP contribution in [0.25, 0.3) is 0 Å². The lowest BCUT2D eigenvalue weighted by atomic mass is 10.2. The van der Waals surface area contributed by atoms with Crippen LogP contribution < -0.4 is 25.0 Å². The summed E-state index contributed by atoms with van der Waals surface area (Å²) in [5.74, 6) is -0.684. The molecule has 1 aliphatic rings. The Hall–Kier alpha value is -5.95. The molecule has 1 atom stereocenters. The zero-order valence-electron chi connectivity index (χ0n) is 31.1. The normalized spacial score (nSPS) is 14.4. The zero-order chi connectivity index (χ0) is 43.8. The van der Waals surface area contributed by atoms with Gasteiger partial charge in [0.25, 0.3) is 30.4 Å². The Morgan fingerprint density at radius 3 is 1.89 bits per heavy atom. The lowest BCUT2D eigenvalue weighted by Crippen LogP contribution is -2.15. The molecule has 1 aromatic heterocycles. The maximum atomic E-state index is 11.9. The van der Waals surface area contributed by atoms with E-state index in [4.69, 9.17) is 14.7 Å². The fourth-order valence-corrected chi connectivity index (χ4v) is 7.27. The number of methoxy groups -OCH3 is 1. The summed E-state index contributed by atoms with van der Waals surface area (Å²) >= 11 is 0.725. The van der Waals surface area contributed by atoms with E-state index >= 15 is 0 Å². The van der Waals surface area contributed by atoms with E-state index in [-0.39, 0.29) is 76.6 Å². The van der Waals surface area contributed by atoms with E-state index in [1.165, 1.54) is 60.5 Å². The molecule has 4 aromatic carbocycles. The number of azo groups is 2. The molecule has 5 aromatic rings. The van der Waals surface area contributed by atoms with Crippen LogP contribution >= 0.6 is 12.0 Å². The van der Waals surface area contributed by atoms with Crippen LogP contribution in [0.3, 0.4) is 0 Å². The molecule has 1 saturated heterocycles. The monoisotopic (exact) mass is 920 g/mol. The minimum Gasteiger partial charge on any atom is -0.494 e. The lowest BCUT2D eigenvalue weighted by Gasteiger charge is -2.15. The molecule has 6 rings (SSSR count). The first-order valence-electron chi connectivity index (χ1n) is 17.1. The van der Waals surface area contributed by atoms with E-state index < -0.39 is 41.5 Å². The summed E-state index contributed by atoms with van der Waals surface area (Å²) in [5.41, 5.74) is 1.62. The molecule has 1 fully saturated rings. The predicted molar refractivity (Wildman–Crippen MR) is 217 cm³/mol. The number of nitrogens with zero attached hydrogens (tertiary/aromatic N) is 8. The van der Waals surface area contributed by atoms with Gasteiger partial charge in [-0.2, -0.15) is 60.7 Å². The average molecular weight is 921 g/mol. The van der Waals surface area contributed by atoms with Gasteiger partial charge in [0.2, 0.25) is 17.8 Å². The van der Waals surface area contributed by atoms with Gasteiger partial charge in [-0.3, -0.25) is 13.7 Å². The van der Waals surface area contributed by atoms with E-state index in [9.17, 15) is 38.9 Å². The van der Waals surface area contributed by atoms with Crippen molar-refractivity contribution in [3.63, 3.8) is 0 Å². The summed E-state index contributed by atoms with van der Waals surface area (Å²) in [7, 11) is -11.9. The van der Waals surface area contributed by atoms with Crippen molar-refractivity contribution in [2.24, 2.45) is 20.5 Å². The molecular formula is C33H32N10O14S4. The molecule has 24 nitrogen and oxygen atoms in total. The van der Waals surface area contributed by atoms with Crippen molar-refractivity contribution in [2.75, 3.05) is 41.5 Å². The molecule has 0 spiro atoms. The zero-order valence-corrected chi connectivity index (χ0v) is 34.3. The number of hydrogen-bond acceptors (Lipinski definition) is 22. The maximum absolute atomic E-state index is 11.9. The van der Waals surface area contributed by atoms with Gasteiger partial charge in [0.15, 0.2) is 5.37 Å². The lowest BCUT2D eigenvalue weighted by molar-refractivity contribution is -0.432. The van der Waals surface area contributed by atoms with Crippen LogP contribution in [0.4, 0.5) is 52.0 Å². The molecule has 0 bridgehead atoms. The Bertz CT molecular complexity index is 2800. The Labute approximate surface area is 351 Å². The van der Waals surface area contributed by atoms with Gasteiger partial charge in [0.1, 0.15) is 11.5 Å². The minimum atomic E-state index is -4.51. The average Bonchev–Trinajstić information content (AvgIpc) is 4.03. The standard InChI is InChI=1S/C33H32N10O14S4/c1-54-28-17-22(41-40-21-6-3-8-25(16-21)60(48,49)50)9-11-26(28)34-31-36-32(38-33(37-31)43-19-30(43)61(51,52)53)35-27-12-10-23(18-29(27)55-13-4-14-59(45,46)47)42-39-20-5-2-7-24(15-20)58-57-56-44/h2-3,5-12,15-18,30,44H,4,13-14,19H2,1H3,(H,45,46,47)(H,48,49,50)(H,51,52,53)(H2,34,35,36,37,38). The van der Waals surface area contributed by atoms with Gasteiger partial charge >= 0.3 is 0 Å². The topological polar surface area (TPSA) is 335 Å². The van der Waals surface area contributed by atoms with Gasteiger partial charge in [-0.15, -0.1) is 4.33 Å². The number of ether oxygens (including phenoxy) is 2. The van der Waals surface area contributed by atoms with Crippen LogP contribution in [-0.2, 0) is 39.7 Å². The Morgan fingerprint density at radius 2 is 1.33 bits per heavy atom. The quantitative estimate of drug-likeness (QED) is 0.00914. The van der Waals surface area contributed by atoms with E-state index in [1.54, 1.807) is 30.3 Å². The van der Waals surface area contributed by atoms with Gasteiger partial charge in [-0.05, 0) is 67.1 Å². The third kappa shape index (κ3) is 13.0. The highest BCUT2D eigenvalue weighted by molar-refractivity contribution is 7.94. The highest BCUT2D eigenvalue weighted by atomic mass is 32.2. The molecular weight excluding hydrogens is 889 g/mol. The van der Waals surface area contributed by atoms with Crippen molar-refractivity contribution in [1.82, 2.24) is 15.0 Å². The van der Waals surface area contributed by atoms with E-state index in [0.717, 1.165) is 18.1 Å². The molecule has 0 radical (unpaired) electrons. The van der Waals surface area contributed by atoms with Crippen molar-refractivity contribution in [3.05, 3.63) is 84.9 Å². The number of aromatic nitrogens is 3. The molecule has 0 aliphatic carbocycles. The van der Waals surface area contributed by atoms with Crippen molar-refractivity contribution < 1.29 is 63.0 Å². The highest BCUT2D eigenvalue weighted by Gasteiger charge is 2.46. The Balaban J connectivity index is 1.29. The molecule has 1 aliphatic heterocycles. The van der Waals surface area contributed by atoms with Crippen LogP contribution in [0, 0.1) is 0 Å². The van der Waals surface area contributed by atoms with Crippen LogP contribution in [-0.4, -0.2) is 90.5 Å². The molecule has 61 heavy (non-hydrogen) atoms. The van der Waals surface area contributed by atoms with Gasteiger partial charge in [-0.1, -0.05) is 17.2 Å². The molecule has 28 heteroatoms. The van der Waals surface area contributed by atoms with Crippen molar-refractivity contribution >= 4 is 94.4 Å². The first-order valence-corrected chi connectivity index (χ1v) is 22.4. The van der Waals surface area contributed by atoms with Gasteiger partial charge in [0, 0.05) is 17.0 Å². The fourth-order valence-electron chi connectivity index (χ4n) is 5.09. The van der Waals surface area contributed by atoms with Crippen molar-refractivity contribution in [2.45, 2.75) is 21.6 Å². The van der Waals surface area contributed by atoms with Crippen LogP contribution in [0.5, 0.6) is 11.5 Å². The smallest absolute Gasteiger partial charge is 0.294 e. The van der Waals surface area contributed by atoms with Gasteiger partial charge in [-0.25, -0.2) is 5.26 Å². The third-order valence-electron chi connectivity index (χ3n) is 7.89. The van der Waals surface area contributed by atoms with E-state index in [0.29, 0.717) is 16.3 Å². The molecule has 6 N–H and O–H groups in total. The SMILES string of the molecule is COc1cc(N=Nc2cccc(S(=O)(=O)O)c2)ccc1Nc1nc(Nc2ccc(N=Nc3cccc(SOOO)c3)cc2OCCCS(=O)(=O)O)nc(N2CC2S(=O)(=O)O)n1. The second-order valence-corrected chi connectivity index (χ2v) is 17.6. The predicted octanol–water partition coefficient (Wildman–Crippen LogP) is 6.56. The number of rotatable bonds is 20. The molecule has 0 saturated carbocycles. The third-order valence-corrected chi connectivity index (χ3v) is 11.2. The van der Waals surface area contributed by atoms with Crippen LogP contribution in [0.2, 0.25) is 0 Å². The molecule has 2 heterocycles. The number of anilines is 5. The maximum Gasteiger partial charge on any atom is 0.294 e. The first kappa shape index (κ1) is 44.6. The van der Waals surface area contributed by atoms with Crippen molar-refractivity contribution in [3.8, 4) is 11.5 Å². The van der Waals surface area contributed by atoms with E-state index in [1.807, 2.05) is 0 Å². The van der Waals surface area contributed by atoms with Gasteiger partial charge in [0.05, 0.1) is 77.1 Å². The molecule has 1 unspecified atom stereocenters. The summed E-state index contributed by atoms with van der Waals surface area (Å²) in [5, 5.41) is 33.2. The highest BCUT2D eigenvalue weighted by Crippen LogP contribution is 2.37. The number of nitrogens with one attached hydrogen (secondary N) is 2. The Kier molecular flexibility index (Phi) is 14.0. The fraction of sp³-hybridized carbons (Fsp3) is 0.182. The first-order chi connectivity index (χ1) is 29.0. The second kappa shape index (κ2) is 19.2. The van der Waals surface area contributed by atoms with Crippen LogP contribution in [0.15, 0.2) is 115 Å². The molecule has 0 amide bonds. The summed E-state index contributed by atoms with van der Waals surface area (Å²) in [6, 6.07) is 20.9. The van der Waals surface area contributed by atoms with Crippen molar-refractivity contribution in [1.29, 1.82) is 0 Å². The van der Waals surface area contributed by atoms with Crippen LogP contribution in [0.1, 0.15) is 6.42 Å². The van der Waals surface area contributed by atoms with Gasteiger partial charge < -0.3 is 25.0 Å². The largest absolute Gasteiger partial charge is 0.494 e. The minimum absolute atomic E-state index is 0.0900. The summed E-state index contributed by atoms with van der Waals surface area (Å²) in [4.78, 5) is 14.5. The van der Waals surface area contributed by atoms with E-state index in [2.05, 4.69) is 55.4 Å². The number of hydrogen-bond donors (Lipinski definition) is 6. The molecule has 322 valence electrons. The second-order valence-electron chi connectivity index (χ2n) is 12.3.